The number of carbonyl (C=O) groups is 1. The fraction of sp³-hybridized carbons (Fsp3) is 0.235. The lowest BCUT2D eigenvalue weighted by atomic mass is 10.1. The number of hydrogen-bond acceptors (Lipinski definition) is 4. The van der Waals surface area contributed by atoms with Crippen LogP contribution < -0.4 is 4.72 Å². The highest BCUT2D eigenvalue weighted by atomic mass is 32.2. The highest BCUT2D eigenvalue weighted by Crippen LogP contribution is 2.13. The Kier molecular flexibility index (Phi) is 5.65. The van der Waals surface area contributed by atoms with Crippen LogP contribution in [-0.4, -0.2) is 21.3 Å². The molecule has 2 aromatic carbocycles. The predicted molar refractivity (Wildman–Crippen MR) is 87.6 cm³/mol. The zero-order valence-electron chi connectivity index (χ0n) is 13.1. The topological polar surface area (TPSA) is 72.5 Å². The molecule has 122 valence electrons. The van der Waals surface area contributed by atoms with Crippen LogP contribution >= 0.6 is 0 Å². The zero-order chi connectivity index (χ0) is 16.9. The molecule has 0 fully saturated rings. The van der Waals surface area contributed by atoms with E-state index in [-0.39, 0.29) is 17.2 Å². The average Bonchev–Trinajstić information content (AvgIpc) is 2.54. The van der Waals surface area contributed by atoms with Crippen LogP contribution in [0.5, 0.6) is 0 Å². The van der Waals surface area contributed by atoms with Crippen LogP contribution in [0.1, 0.15) is 28.4 Å². The molecule has 5 nitrogen and oxygen atoms in total. The molecule has 0 unspecified atom stereocenters. The van der Waals surface area contributed by atoms with E-state index in [0.717, 1.165) is 11.1 Å². The van der Waals surface area contributed by atoms with Crippen LogP contribution in [0.2, 0.25) is 0 Å². The Morgan fingerprint density at radius 2 is 1.78 bits per heavy atom. The first-order valence-corrected chi connectivity index (χ1v) is 8.58. The van der Waals surface area contributed by atoms with Gasteiger partial charge in [0.05, 0.1) is 11.5 Å². The summed E-state index contributed by atoms with van der Waals surface area (Å²) in [6, 6.07) is 13.5. The molecule has 2 rings (SSSR count). The van der Waals surface area contributed by atoms with Crippen LogP contribution in [0.3, 0.4) is 0 Å². The molecule has 0 heterocycles. The van der Waals surface area contributed by atoms with Crippen molar-refractivity contribution in [2.75, 3.05) is 7.11 Å². The van der Waals surface area contributed by atoms with Crippen LogP contribution in [0.4, 0.5) is 0 Å². The van der Waals surface area contributed by atoms with Gasteiger partial charge in [0.2, 0.25) is 10.0 Å². The third-order valence-corrected chi connectivity index (χ3v) is 4.72. The minimum atomic E-state index is -3.67. The van der Waals surface area contributed by atoms with E-state index >= 15 is 0 Å². The average molecular weight is 333 g/mol. The van der Waals surface area contributed by atoms with Gasteiger partial charge in [-0.1, -0.05) is 36.4 Å². The van der Waals surface area contributed by atoms with Gasteiger partial charge in [-0.3, -0.25) is 4.79 Å². The van der Waals surface area contributed by atoms with Gasteiger partial charge in [0, 0.05) is 19.2 Å². The number of rotatable bonds is 7. The first-order chi connectivity index (χ1) is 10.9. The second-order valence-electron chi connectivity index (χ2n) is 5.16. The summed E-state index contributed by atoms with van der Waals surface area (Å²) in [7, 11) is -2.06. The van der Waals surface area contributed by atoms with Crippen molar-refractivity contribution in [2.24, 2.45) is 0 Å². The Morgan fingerprint density at radius 1 is 1.09 bits per heavy atom. The quantitative estimate of drug-likeness (QED) is 0.790. The minimum Gasteiger partial charge on any atom is -0.380 e. The molecule has 0 spiro atoms. The summed E-state index contributed by atoms with van der Waals surface area (Å²) in [5, 5.41) is 0. The molecule has 0 saturated heterocycles. The lowest BCUT2D eigenvalue weighted by molar-refractivity contribution is 0.101. The summed E-state index contributed by atoms with van der Waals surface area (Å²) >= 11 is 0. The lowest BCUT2D eigenvalue weighted by Gasteiger charge is -2.09. The van der Waals surface area contributed by atoms with Gasteiger partial charge in [-0.2, -0.15) is 0 Å². The molecule has 2 aromatic rings. The van der Waals surface area contributed by atoms with Crippen molar-refractivity contribution < 1.29 is 17.9 Å². The highest BCUT2D eigenvalue weighted by Gasteiger charge is 2.15. The summed E-state index contributed by atoms with van der Waals surface area (Å²) in [5.74, 6) is -0.172. The molecule has 0 aliphatic rings. The summed E-state index contributed by atoms with van der Waals surface area (Å²) < 4.78 is 32.3. The van der Waals surface area contributed by atoms with Gasteiger partial charge in [0.1, 0.15) is 0 Å². The molecule has 0 amide bonds. The number of hydrogen-bond donors (Lipinski definition) is 1. The fourth-order valence-corrected chi connectivity index (χ4v) is 3.20. The number of nitrogens with one attached hydrogen (secondary N) is 1. The molecular weight excluding hydrogens is 314 g/mol. The van der Waals surface area contributed by atoms with E-state index in [1.165, 1.54) is 19.1 Å². The van der Waals surface area contributed by atoms with E-state index in [1.807, 2.05) is 24.3 Å². The van der Waals surface area contributed by atoms with Gasteiger partial charge in [-0.25, -0.2) is 13.1 Å². The molecule has 0 radical (unpaired) electrons. The predicted octanol–water partition coefficient (Wildman–Crippen LogP) is 2.51. The van der Waals surface area contributed by atoms with Crippen LogP contribution in [0, 0.1) is 0 Å². The molecule has 0 bridgehead atoms. The first-order valence-electron chi connectivity index (χ1n) is 7.10. The first kappa shape index (κ1) is 17.3. The third-order valence-electron chi connectivity index (χ3n) is 3.32. The van der Waals surface area contributed by atoms with E-state index in [4.69, 9.17) is 4.74 Å². The van der Waals surface area contributed by atoms with Gasteiger partial charge < -0.3 is 4.74 Å². The van der Waals surface area contributed by atoms with Crippen LogP contribution in [-0.2, 0) is 27.9 Å². The van der Waals surface area contributed by atoms with Crippen molar-refractivity contribution in [1.82, 2.24) is 4.72 Å². The number of benzene rings is 2. The van der Waals surface area contributed by atoms with Crippen molar-refractivity contribution in [3.05, 3.63) is 65.2 Å². The van der Waals surface area contributed by atoms with E-state index in [9.17, 15) is 13.2 Å². The van der Waals surface area contributed by atoms with Gasteiger partial charge >= 0.3 is 0 Å². The maximum Gasteiger partial charge on any atom is 0.240 e. The number of ketones is 1. The van der Waals surface area contributed by atoms with Crippen LogP contribution in [0.25, 0.3) is 0 Å². The van der Waals surface area contributed by atoms with Gasteiger partial charge in [0.15, 0.2) is 5.78 Å². The molecular formula is C17H19NO4S. The Labute approximate surface area is 136 Å². The van der Waals surface area contributed by atoms with E-state index in [2.05, 4.69) is 4.72 Å². The standard InChI is InChI=1S/C17H19NO4S/c1-13(19)16-7-4-8-17(10-16)23(20,21)18-11-14-5-3-6-15(9-14)12-22-2/h3-10,18H,11-12H2,1-2H3. The van der Waals surface area contributed by atoms with E-state index in [1.54, 1.807) is 19.2 Å². The van der Waals surface area contributed by atoms with E-state index < -0.39 is 10.0 Å². The molecule has 0 aromatic heterocycles. The molecule has 0 atom stereocenters. The van der Waals surface area contributed by atoms with Crippen molar-refractivity contribution in [2.45, 2.75) is 25.0 Å². The maximum atomic E-state index is 12.3. The van der Waals surface area contributed by atoms with Crippen molar-refractivity contribution >= 4 is 15.8 Å². The highest BCUT2D eigenvalue weighted by molar-refractivity contribution is 7.89. The Hall–Kier alpha value is -2.02. The summed E-state index contributed by atoms with van der Waals surface area (Å²) in [6.45, 7) is 2.05. The van der Waals surface area contributed by atoms with Gasteiger partial charge in [-0.15, -0.1) is 0 Å². The largest absolute Gasteiger partial charge is 0.380 e. The molecule has 23 heavy (non-hydrogen) atoms. The van der Waals surface area contributed by atoms with Crippen molar-refractivity contribution in [3.63, 3.8) is 0 Å². The SMILES string of the molecule is COCc1cccc(CNS(=O)(=O)c2cccc(C(C)=O)c2)c1. The molecule has 0 saturated carbocycles. The van der Waals surface area contributed by atoms with Crippen molar-refractivity contribution in [3.8, 4) is 0 Å². The summed E-state index contributed by atoms with van der Waals surface area (Å²) in [4.78, 5) is 11.5. The number of sulfonamides is 1. The molecule has 1 N–H and O–H groups in total. The summed E-state index contributed by atoms with van der Waals surface area (Å²) in [5.41, 5.74) is 2.18. The minimum absolute atomic E-state index is 0.0817. The number of Topliss-reactive ketones (excluding diaryl/α,β-unsaturated/α-hetero) is 1. The molecule has 0 aliphatic carbocycles. The Bertz CT molecular complexity index is 800. The van der Waals surface area contributed by atoms with E-state index in [0.29, 0.717) is 12.2 Å². The lowest BCUT2D eigenvalue weighted by Crippen LogP contribution is -2.23. The normalized spacial score (nSPS) is 11.4. The number of carbonyl (C=O) groups excluding carboxylic acids is 1. The van der Waals surface area contributed by atoms with Crippen molar-refractivity contribution in [1.29, 1.82) is 0 Å². The number of methoxy groups -OCH3 is 1. The zero-order valence-corrected chi connectivity index (χ0v) is 13.9. The second-order valence-corrected chi connectivity index (χ2v) is 6.93. The second kappa shape index (κ2) is 7.50. The monoisotopic (exact) mass is 333 g/mol. The fourth-order valence-electron chi connectivity index (χ4n) is 2.14. The summed E-state index contributed by atoms with van der Waals surface area (Å²) in [6.07, 6.45) is 0. The smallest absolute Gasteiger partial charge is 0.240 e. The maximum absolute atomic E-state index is 12.3. The van der Waals surface area contributed by atoms with Gasteiger partial charge in [0.25, 0.3) is 0 Å². The third kappa shape index (κ3) is 4.72. The Morgan fingerprint density at radius 3 is 2.48 bits per heavy atom. The Balaban J connectivity index is 2.14. The number of ether oxygens (including phenoxy) is 1. The van der Waals surface area contributed by atoms with Gasteiger partial charge in [-0.05, 0) is 30.2 Å². The molecule has 6 heteroatoms. The van der Waals surface area contributed by atoms with Crippen LogP contribution in [0.15, 0.2) is 53.4 Å². The molecule has 0 aliphatic heterocycles.